The Morgan fingerprint density at radius 1 is 1.02 bits per heavy atom. The Morgan fingerprint density at radius 2 is 1.64 bits per heavy atom. The number of likely N-dealkylation sites (tertiary alicyclic amines) is 1. The number of nitrogens with zero attached hydrogens (tertiary/aromatic N) is 6. The topological polar surface area (TPSA) is 123 Å². The molecule has 0 saturated carbocycles. The van der Waals surface area contributed by atoms with Gasteiger partial charge in [-0.15, -0.1) is 0 Å². The van der Waals surface area contributed by atoms with Crippen molar-refractivity contribution in [2.45, 2.75) is 96.4 Å². The zero-order valence-corrected chi connectivity index (χ0v) is 31.4. The van der Waals surface area contributed by atoms with E-state index < -0.39 is 43.9 Å². The third-order valence-corrected chi connectivity index (χ3v) is 14.2. The van der Waals surface area contributed by atoms with E-state index in [9.17, 15) is 10.1 Å². The number of benzene rings is 2. The first-order chi connectivity index (χ1) is 23.5. The monoisotopic (exact) mass is 704 g/mol. The van der Waals surface area contributed by atoms with Crippen molar-refractivity contribution in [1.29, 1.82) is 5.26 Å². The fourth-order valence-electron chi connectivity index (χ4n) is 6.93. The van der Waals surface area contributed by atoms with Crippen LogP contribution in [0.25, 0.3) is 0 Å². The summed E-state index contributed by atoms with van der Waals surface area (Å²) in [6.45, 7) is 17.3. The Morgan fingerprint density at radius 3 is 2.20 bits per heavy atom. The maximum Gasteiger partial charge on any atom is 0.410 e. The van der Waals surface area contributed by atoms with Crippen molar-refractivity contribution < 1.29 is 27.8 Å². The van der Waals surface area contributed by atoms with Gasteiger partial charge in [0.15, 0.2) is 0 Å². The van der Waals surface area contributed by atoms with Crippen LogP contribution in [0.15, 0.2) is 60.7 Å². The first-order valence-corrected chi connectivity index (χ1v) is 19.1. The van der Waals surface area contributed by atoms with E-state index in [2.05, 4.69) is 60.0 Å². The van der Waals surface area contributed by atoms with E-state index in [1.807, 2.05) is 54.3 Å². The second kappa shape index (κ2) is 14.6. The molecule has 50 heavy (non-hydrogen) atoms. The van der Waals surface area contributed by atoms with Crippen LogP contribution in [0.5, 0.6) is 6.01 Å². The minimum absolute atomic E-state index is 0.137. The minimum atomic E-state index is -2.98. The summed E-state index contributed by atoms with van der Waals surface area (Å²) in [7, 11) is -2.98. The van der Waals surface area contributed by atoms with Crippen LogP contribution in [-0.4, -0.2) is 96.6 Å². The summed E-state index contributed by atoms with van der Waals surface area (Å²) in [6.07, 6.45) is -2.65. The summed E-state index contributed by atoms with van der Waals surface area (Å²) >= 11 is 0. The van der Waals surface area contributed by atoms with Gasteiger partial charge in [-0.2, -0.15) is 20.2 Å². The van der Waals surface area contributed by atoms with E-state index in [1.165, 1.54) is 4.90 Å². The van der Waals surface area contributed by atoms with Crippen molar-refractivity contribution in [3.63, 3.8) is 0 Å². The summed E-state index contributed by atoms with van der Waals surface area (Å²) in [5.41, 5.74) is -1.56. The number of hydrogen-bond donors (Lipinski definition) is 0. The molecule has 1 aromatic heterocycles. The minimum Gasteiger partial charge on any atom is -0.458 e. The number of carbonyl (C=O) groups is 1. The molecule has 1 amide bonds. The Kier molecular flexibility index (Phi) is 10.9. The van der Waals surface area contributed by atoms with Crippen LogP contribution in [0.4, 0.5) is 15.1 Å². The molecular weight excluding hydrogens is 656 g/mol. The van der Waals surface area contributed by atoms with Crippen LogP contribution in [0.1, 0.15) is 67.6 Å². The van der Waals surface area contributed by atoms with Gasteiger partial charge < -0.3 is 23.5 Å². The lowest BCUT2D eigenvalue weighted by Crippen LogP contribution is -2.70. The molecule has 0 unspecified atom stereocenters. The van der Waals surface area contributed by atoms with Crippen molar-refractivity contribution in [3.8, 4) is 12.1 Å². The van der Waals surface area contributed by atoms with E-state index >= 15 is 4.39 Å². The zero-order chi connectivity index (χ0) is 36.3. The molecule has 3 aromatic rings. The average molecular weight is 705 g/mol. The molecule has 4 atom stereocenters. The number of carbonyl (C=O) groups excluding carboxylic acids is 1. The largest absolute Gasteiger partial charge is 0.458 e. The maximum absolute atomic E-state index is 15.2. The molecule has 268 valence electrons. The molecule has 2 fully saturated rings. The number of nitriles is 1. The lowest BCUT2D eigenvalue weighted by molar-refractivity contribution is -0.000413. The molecule has 0 radical (unpaired) electrons. The van der Waals surface area contributed by atoms with Gasteiger partial charge in [-0.1, -0.05) is 81.4 Å². The van der Waals surface area contributed by atoms with Gasteiger partial charge in [0.1, 0.15) is 30.0 Å². The van der Waals surface area contributed by atoms with Crippen LogP contribution in [0.3, 0.4) is 0 Å². The molecule has 0 bridgehead atoms. The molecular formula is C37H49FN6O5Si. The predicted molar refractivity (Wildman–Crippen MR) is 191 cm³/mol. The van der Waals surface area contributed by atoms with Crippen LogP contribution in [-0.2, 0) is 13.9 Å². The number of ether oxygens (including phenoxy) is 3. The van der Waals surface area contributed by atoms with Crippen molar-refractivity contribution in [3.05, 3.63) is 66.5 Å². The molecule has 5 rings (SSSR count). The number of halogens is 1. The summed E-state index contributed by atoms with van der Waals surface area (Å²) in [4.78, 5) is 29.5. The summed E-state index contributed by atoms with van der Waals surface area (Å²) < 4.78 is 40.6. The SMILES string of the molecule is C[C@@H](Oc1nc(C#N)nc(N2CCOC[C@@](C)(O[Si](c3ccccc3)(c3ccccc3)C(C)(C)C)C2)n1)[C@@H]1[C@H](F)CCN1C(=O)OC(C)(C)C. The molecule has 0 N–H and O–H groups in total. The van der Waals surface area contributed by atoms with Crippen molar-refractivity contribution >= 4 is 30.7 Å². The van der Waals surface area contributed by atoms with Gasteiger partial charge in [0, 0.05) is 13.1 Å². The highest BCUT2D eigenvalue weighted by Gasteiger charge is 2.54. The number of hydrogen-bond acceptors (Lipinski definition) is 10. The normalized spacial score (nSPS) is 22.4. The highest BCUT2D eigenvalue weighted by Crippen LogP contribution is 2.40. The summed E-state index contributed by atoms with van der Waals surface area (Å²) in [6, 6.07) is 21.8. The second-order valence-electron chi connectivity index (χ2n) is 15.3. The van der Waals surface area contributed by atoms with Crippen LogP contribution in [0, 0.1) is 11.3 Å². The predicted octanol–water partition coefficient (Wildman–Crippen LogP) is 5.03. The molecule has 13 heteroatoms. The number of alkyl halides is 1. The summed E-state index contributed by atoms with van der Waals surface area (Å²) in [5.74, 6) is 0.0675. The van der Waals surface area contributed by atoms with Crippen molar-refractivity contribution in [1.82, 2.24) is 19.9 Å². The van der Waals surface area contributed by atoms with E-state index in [0.29, 0.717) is 26.3 Å². The third kappa shape index (κ3) is 8.09. The van der Waals surface area contributed by atoms with E-state index in [1.54, 1.807) is 27.7 Å². The first-order valence-electron chi connectivity index (χ1n) is 17.2. The standard InChI is InChI=1S/C37H49FN6O5Si/c1-26(31-29(38)19-20-44(31)34(45)48-35(2,3)4)47-33-41-30(23-39)40-32(42-33)43-21-22-46-25-37(8,24-43)49-50(36(5,6)7,27-15-11-9-12-16-27)28-17-13-10-14-18-28/h9-18,26,29,31H,19-22,24-25H2,1-8H3/t26-,29-,31-,37+/m1/s1. The highest BCUT2D eigenvalue weighted by molar-refractivity contribution is 6.99. The number of aromatic nitrogens is 3. The van der Waals surface area contributed by atoms with Gasteiger partial charge >= 0.3 is 12.1 Å². The quantitative estimate of drug-likeness (QED) is 0.295. The molecule has 2 aliphatic heterocycles. The number of amides is 1. The molecule has 0 aliphatic carbocycles. The molecule has 11 nitrogen and oxygen atoms in total. The smallest absolute Gasteiger partial charge is 0.410 e. The van der Waals surface area contributed by atoms with Gasteiger partial charge in [-0.3, -0.25) is 4.90 Å². The first kappa shape index (κ1) is 37.1. The summed E-state index contributed by atoms with van der Waals surface area (Å²) in [5, 5.41) is 11.9. The fraction of sp³-hybridized carbons (Fsp3) is 0.541. The lowest BCUT2D eigenvalue weighted by atomic mass is 10.1. The molecule has 2 saturated heterocycles. The second-order valence-corrected chi connectivity index (χ2v) is 19.6. The van der Waals surface area contributed by atoms with Gasteiger partial charge in [0.25, 0.3) is 8.32 Å². The van der Waals surface area contributed by atoms with Gasteiger partial charge in [-0.05, 0) is 56.5 Å². The van der Waals surface area contributed by atoms with E-state index in [4.69, 9.17) is 18.6 Å². The molecule has 2 aliphatic rings. The Labute approximate surface area is 295 Å². The van der Waals surface area contributed by atoms with Crippen LogP contribution < -0.4 is 20.0 Å². The lowest BCUT2D eigenvalue weighted by Gasteiger charge is -2.48. The molecule has 0 spiro atoms. The molecule has 3 heterocycles. The van der Waals surface area contributed by atoms with Gasteiger partial charge in [-0.25, -0.2) is 9.18 Å². The van der Waals surface area contributed by atoms with Crippen molar-refractivity contribution in [2.24, 2.45) is 0 Å². The Hall–Kier alpha value is -4.12. The van der Waals surface area contributed by atoms with Gasteiger partial charge in [0.05, 0.1) is 25.4 Å². The third-order valence-electron chi connectivity index (χ3n) is 9.02. The van der Waals surface area contributed by atoms with E-state index in [0.717, 1.165) is 10.4 Å². The van der Waals surface area contributed by atoms with Crippen LogP contribution in [0.2, 0.25) is 5.04 Å². The number of anilines is 1. The highest BCUT2D eigenvalue weighted by atomic mass is 28.4. The molecule has 2 aromatic carbocycles. The fourth-order valence-corrected chi connectivity index (χ4v) is 11.7. The van der Waals surface area contributed by atoms with Gasteiger partial charge in [0.2, 0.25) is 11.8 Å². The van der Waals surface area contributed by atoms with Crippen molar-refractivity contribution in [2.75, 3.05) is 37.7 Å². The maximum atomic E-state index is 15.2. The Balaban J connectivity index is 1.46. The Bertz CT molecular complexity index is 1630. The zero-order valence-electron chi connectivity index (χ0n) is 30.4. The van der Waals surface area contributed by atoms with E-state index in [-0.39, 0.29) is 35.8 Å². The average Bonchev–Trinajstić information content (AvgIpc) is 3.35. The number of rotatable bonds is 8. The van der Waals surface area contributed by atoms with Crippen LogP contribution >= 0.6 is 0 Å².